The van der Waals surface area contributed by atoms with E-state index >= 15 is 0 Å². The molecule has 1 N–H and O–H groups in total. The minimum Gasteiger partial charge on any atom is -0.489 e. The average molecular weight is 388 g/mol. The second-order valence-corrected chi connectivity index (χ2v) is 6.72. The van der Waals surface area contributed by atoms with Crippen LogP contribution in [0.15, 0.2) is 72.9 Å². The van der Waals surface area contributed by atoms with E-state index in [1.165, 1.54) is 0 Å². The lowest BCUT2D eigenvalue weighted by Gasteiger charge is -2.06. The highest BCUT2D eigenvalue weighted by molar-refractivity contribution is 5.65. The zero-order valence-corrected chi connectivity index (χ0v) is 16.4. The number of benzene rings is 2. The highest BCUT2D eigenvalue weighted by Crippen LogP contribution is 2.23. The average Bonchev–Trinajstić information content (AvgIpc) is 3.20. The largest absolute Gasteiger partial charge is 0.489 e. The van der Waals surface area contributed by atoms with Crippen LogP contribution in [-0.2, 0) is 11.3 Å². The first-order valence-electron chi connectivity index (χ1n) is 9.68. The van der Waals surface area contributed by atoms with E-state index in [-0.39, 0.29) is 0 Å². The number of rotatable bonds is 9. The van der Waals surface area contributed by atoms with Crippen LogP contribution < -0.4 is 10.1 Å². The van der Waals surface area contributed by atoms with Gasteiger partial charge in [-0.25, -0.2) is 9.50 Å². The molecule has 0 unspecified atom stereocenters. The summed E-state index contributed by atoms with van der Waals surface area (Å²) in [6, 6.07) is 22.0. The van der Waals surface area contributed by atoms with Crippen molar-refractivity contribution in [2.24, 2.45) is 0 Å². The zero-order valence-electron chi connectivity index (χ0n) is 16.4. The highest BCUT2D eigenvalue weighted by Gasteiger charge is 2.07. The molecule has 0 atom stereocenters. The number of hydrogen-bond donors (Lipinski definition) is 1. The quantitative estimate of drug-likeness (QED) is 0.430. The summed E-state index contributed by atoms with van der Waals surface area (Å²) in [5.41, 5.74) is 3.86. The van der Waals surface area contributed by atoms with Crippen molar-refractivity contribution in [3.63, 3.8) is 0 Å². The van der Waals surface area contributed by atoms with Crippen LogP contribution in [0.3, 0.4) is 0 Å². The molecule has 148 valence electrons. The number of anilines is 1. The van der Waals surface area contributed by atoms with Crippen molar-refractivity contribution >= 4 is 11.5 Å². The molecule has 0 aliphatic heterocycles. The maximum atomic E-state index is 5.86. The van der Waals surface area contributed by atoms with Crippen LogP contribution >= 0.6 is 0 Å². The second kappa shape index (κ2) is 9.21. The summed E-state index contributed by atoms with van der Waals surface area (Å²) < 4.78 is 12.7. The van der Waals surface area contributed by atoms with Crippen LogP contribution in [0.2, 0.25) is 0 Å². The lowest BCUT2D eigenvalue weighted by atomic mass is 10.1. The number of ether oxygens (including phenoxy) is 2. The third-order valence-corrected chi connectivity index (χ3v) is 4.55. The molecule has 0 fully saturated rings. The van der Waals surface area contributed by atoms with E-state index in [2.05, 4.69) is 27.5 Å². The lowest BCUT2D eigenvalue weighted by Crippen LogP contribution is -2.06. The van der Waals surface area contributed by atoms with Crippen molar-refractivity contribution < 1.29 is 9.47 Å². The normalized spacial score (nSPS) is 10.9. The van der Waals surface area contributed by atoms with Crippen LogP contribution in [0.25, 0.3) is 16.9 Å². The topological polar surface area (TPSA) is 60.7 Å². The maximum Gasteiger partial charge on any atom is 0.157 e. The summed E-state index contributed by atoms with van der Waals surface area (Å²) >= 11 is 0. The highest BCUT2D eigenvalue weighted by atomic mass is 16.5. The molecule has 0 amide bonds. The first kappa shape index (κ1) is 19.0. The molecule has 0 saturated heterocycles. The van der Waals surface area contributed by atoms with Crippen LogP contribution in [0.5, 0.6) is 5.75 Å². The lowest BCUT2D eigenvalue weighted by molar-refractivity contribution is 0.198. The predicted molar refractivity (Wildman–Crippen MR) is 114 cm³/mol. The Balaban J connectivity index is 1.42. The van der Waals surface area contributed by atoms with Crippen LogP contribution in [0, 0.1) is 0 Å². The minimum atomic E-state index is 0.554. The molecule has 0 spiro atoms. The fraction of sp³-hybridized carbons (Fsp3) is 0.217. The van der Waals surface area contributed by atoms with Gasteiger partial charge in [0.25, 0.3) is 0 Å². The number of nitrogens with zero attached hydrogens (tertiary/aromatic N) is 3. The van der Waals surface area contributed by atoms with Gasteiger partial charge in [0, 0.05) is 38.1 Å². The SMILES string of the molecule is COCCCNc1ccn2nc(-c3ccc(OCc4ccccc4)cc3)cc2n1. The minimum absolute atomic E-state index is 0.554. The predicted octanol–water partition coefficient (Wildman–Crippen LogP) is 4.42. The fourth-order valence-corrected chi connectivity index (χ4v) is 3.01. The van der Waals surface area contributed by atoms with E-state index in [0.29, 0.717) is 6.61 Å². The van der Waals surface area contributed by atoms with Crippen molar-refractivity contribution in [1.82, 2.24) is 14.6 Å². The van der Waals surface area contributed by atoms with E-state index in [1.807, 2.05) is 60.8 Å². The van der Waals surface area contributed by atoms with Crippen LogP contribution in [0.1, 0.15) is 12.0 Å². The summed E-state index contributed by atoms with van der Waals surface area (Å²) in [4.78, 5) is 4.62. The number of hydrogen-bond acceptors (Lipinski definition) is 5. The Hall–Kier alpha value is -3.38. The van der Waals surface area contributed by atoms with E-state index < -0.39 is 0 Å². The van der Waals surface area contributed by atoms with Gasteiger partial charge in [0.15, 0.2) is 5.65 Å². The Morgan fingerprint density at radius 3 is 2.62 bits per heavy atom. The van der Waals surface area contributed by atoms with Crippen molar-refractivity contribution in [2.45, 2.75) is 13.0 Å². The Kier molecular flexibility index (Phi) is 6.02. The van der Waals surface area contributed by atoms with Crippen molar-refractivity contribution in [1.29, 1.82) is 0 Å². The molecule has 29 heavy (non-hydrogen) atoms. The van der Waals surface area contributed by atoms with Gasteiger partial charge in [-0.05, 0) is 42.3 Å². The molecule has 2 aromatic heterocycles. The molecule has 0 radical (unpaired) electrons. The zero-order chi connectivity index (χ0) is 19.9. The van der Waals surface area contributed by atoms with Crippen molar-refractivity contribution in [3.8, 4) is 17.0 Å². The molecule has 6 nitrogen and oxygen atoms in total. The molecule has 0 aliphatic carbocycles. The first-order chi connectivity index (χ1) is 14.3. The first-order valence-corrected chi connectivity index (χ1v) is 9.68. The molecule has 4 rings (SSSR count). The maximum absolute atomic E-state index is 5.86. The summed E-state index contributed by atoms with van der Waals surface area (Å²) in [6.45, 7) is 2.11. The van der Waals surface area contributed by atoms with Gasteiger partial charge in [0.05, 0.1) is 5.69 Å². The van der Waals surface area contributed by atoms with E-state index in [1.54, 1.807) is 11.6 Å². The molecule has 6 heteroatoms. The molecule has 2 heterocycles. The molecule has 2 aromatic carbocycles. The standard InChI is InChI=1S/C23H24N4O2/c1-28-15-5-13-24-22-12-14-27-23(25-22)16-21(26-27)19-8-10-20(11-9-19)29-17-18-6-3-2-4-7-18/h2-4,6-12,14,16H,5,13,15,17H2,1H3,(H,24,25). The summed E-state index contributed by atoms with van der Waals surface area (Å²) in [7, 11) is 1.71. The molecular weight excluding hydrogens is 364 g/mol. The van der Waals surface area contributed by atoms with Gasteiger partial charge in [0.1, 0.15) is 18.2 Å². The third-order valence-electron chi connectivity index (χ3n) is 4.55. The van der Waals surface area contributed by atoms with Gasteiger partial charge in [-0.3, -0.25) is 0 Å². The van der Waals surface area contributed by atoms with Gasteiger partial charge >= 0.3 is 0 Å². The summed E-state index contributed by atoms with van der Waals surface area (Å²) in [5.74, 6) is 1.67. The summed E-state index contributed by atoms with van der Waals surface area (Å²) in [6.07, 6.45) is 2.86. The van der Waals surface area contributed by atoms with Gasteiger partial charge in [-0.2, -0.15) is 5.10 Å². The fourth-order valence-electron chi connectivity index (χ4n) is 3.01. The number of aromatic nitrogens is 3. The van der Waals surface area contributed by atoms with Gasteiger partial charge in [-0.1, -0.05) is 30.3 Å². The number of fused-ring (bicyclic) bond motifs is 1. The molecule has 0 bridgehead atoms. The monoisotopic (exact) mass is 388 g/mol. The third kappa shape index (κ3) is 4.92. The van der Waals surface area contributed by atoms with Crippen molar-refractivity contribution in [3.05, 3.63) is 78.5 Å². The van der Waals surface area contributed by atoms with Gasteiger partial charge in [-0.15, -0.1) is 0 Å². The Morgan fingerprint density at radius 1 is 1.00 bits per heavy atom. The van der Waals surface area contributed by atoms with Crippen molar-refractivity contribution in [2.75, 3.05) is 25.6 Å². The van der Waals surface area contributed by atoms with Crippen LogP contribution in [-0.4, -0.2) is 34.9 Å². The number of nitrogens with one attached hydrogen (secondary N) is 1. The van der Waals surface area contributed by atoms with E-state index in [9.17, 15) is 0 Å². The Bertz CT molecular complexity index is 1050. The molecule has 0 aliphatic rings. The van der Waals surface area contributed by atoms with Gasteiger partial charge < -0.3 is 14.8 Å². The van der Waals surface area contributed by atoms with E-state index in [4.69, 9.17) is 9.47 Å². The van der Waals surface area contributed by atoms with Gasteiger partial charge in [0.2, 0.25) is 0 Å². The summed E-state index contributed by atoms with van der Waals surface area (Å²) in [5, 5.41) is 7.93. The smallest absolute Gasteiger partial charge is 0.157 e. The second-order valence-electron chi connectivity index (χ2n) is 6.72. The van der Waals surface area contributed by atoms with Crippen LogP contribution in [0.4, 0.5) is 5.82 Å². The van der Waals surface area contributed by atoms with E-state index in [0.717, 1.165) is 53.6 Å². The molecule has 4 aromatic rings. The Labute approximate surface area is 170 Å². The number of methoxy groups -OCH3 is 1. The molecule has 0 saturated carbocycles. The Morgan fingerprint density at radius 2 is 1.83 bits per heavy atom. The molecular formula is C23H24N4O2.